The molecular weight excluding hydrogens is 279 g/mol. The fourth-order valence-electron chi connectivity index (χ4n) is 0.883. The van der Waals surface area contributed by atoms with Crippen molar-refractivity contribution in [2.75, 3.05) is 0 Å². The molecule has 0 aliphatic carbocycles. The Balaban J connectivity index is 3.87. The zero-order chi connectivity index (χ0) is 10.3. The molecule has 5 heteroatoms. The van der Waals surface area contributed by atoms with Crippen molar-refractivity contribution in [3.8, 4) is 0 Å². The van der Waals surface area contributed by atoms with Gasteiger partial charge in [0.25, 0.3) is 0 Å². The van der Waals surface area contributed by atoms with Crippen LogP contribution in [0.1, 0.15) is 33.6 Å². The van der Waals surface area contributed by atoms with Gasteiger partial charge in [-0.25, -0.2) is 0 Å². The van der Waals surface area contributed by atoms with Crippen molar-refractivity contribution in [1.82, 2.24) is 0 Å². The van der Waals surface area contributed by atoms with Gasteiger partial charge in [0.15, 0.2) is 0 Å². The minimum atomic E-state index is -2.76. The summed E-state index contributed by atoms with van der Waals surface area (Å²) in [4.78, 5) is 21.3. The molecule has 0 rings (SSSR count). The van der Waals surface area contributed by atoms with Crippen molar-refractivity contribution >= 4 is 32.5 Å². The summed E-state index contributed by atoms with van der Waals surface area (Å²) in [5.41, 5.74) is 0. The third-order valence-electron chi connectivity index (χ3n) is 1.39. The summed E-state index contributed by atoms with van der Waals surface area (Å²) in [7, 11) is 0. The maximum atomic E-state index is 10.6. The molecule has 0 unspecified atom stereocenters. The molecule has 0 fully saturated rings. The van der Waals surface area contributed by atoms with E-state index in [1.165, 1.54) is 13.8 Å². The number of carbonyl (C=O) groups is 2. The zero-order valence-electron chi connectivity index (χ0n) is 8.33. The summed E-state index contributed by atoms with van der Waals surface area (Å²) in [5, 5.41) is 0. The van der Waals surface area contributed by atoms with E-state index in [2.05, 4.69) is 0 Å². The van der Waals surface area contributed by atoms with Crippen molar-refractivity contribution in [3.63, 3.8) is 0 Å². The van der Waals surface area contributed by atoms with Gasteiger partial charge >= 0.3 is 86.3 Å². The molecule has 0 saturated heterocycles. The summed E-state index contributed by atoms with van der Waals surface area (Å²) in [6.45, 7) is 4.74. The number of unbranched alkanes of at least 4 members (excludes halogenated alkanes) is 1. The van der Waals surface area contributed by atoms with Gasteiger partial charge < -0.3 is 0 Å². The standard InChI is InChI=1S/C4H9.2C2H4O2.Sn.H/c1-3-4-2;2*1-2(3)4;;/h1,3-4H2,2H3;2*1H3,(H,3,4);;/q;;;+2;/p-2. The first-order valence-corrected chi connectivity index (χ1v) is 9.42. The molecule has 4 nitrogen and oxygen atoms in total. The Bertz CT molecular complexity index is 165. The molecule has 0 aliphatic rings. The second kappa shape index (κ2) is 7.17. The SMILES string of the molecule is CCC[CH2][SnH]([O]C(C)=O)[O]C(C)=O. The van der Waals surface area contributed by atoms with Crippen LogP contribution in [0.25, 0.3) is 0 Å². The van der Waals surface area contributed by atoms with Crippen LogP contribution in [0.15, 0.2) is 0 Å². The Morgan fingerprint density at radius 1 is 1.15 bits per heavy atom. The van der Waals surface area contributed by atoms with E-state index in [9.17, 15) is 9.59 Å². The first-order chi connectivity index (χ1) is 6.06. The van der Waals surface area contributed by atoms with Gasteiger partial charge in [0.1, 0.15) is 0 Å². The van der Waals surface area contributed by atoms with Crippen LogP contribution in [-0.2, 0) is 15.7 Å². The minimum absolute atomic E-state index is 0.335. The molecule has 0 aromatic heterocycles. The first-order valence-electron chi connectivity index (χ1n) is 4.40. The number of rotatable bonds is 5. The van der Waals surface area contributed by atoms with Gasteiger partial charge in [0.05, 0.1) is 0 Å². The van der Waals surface area contributed by atoms with Crippen LogP contribution in [0.3, 0.4) is 0 Å². The van der Waals surface area contributed by atoms with E-state index in [0.29, 0.717) is 0 Å². The molecule has 0 saturated carbocycles. The third-order valence-corrected chi connectivity index (χ3v) is 7.29. The van der Waals surface area contributed by atoms with Gasteiger partial charge in [-0.2, -0.15) is 0 Å². The van der Waals surface area contributed by atoms with E-state index in [0.717, 1.165) is 17.3 Å². The van der Waals surface area contributed by atoms with Gasteiger partial charge in [-0.05, 0) is 0 Å². The topological polar surface area (TPSA) is 52.6 Å². The quantitative estimate of drug-likeness (QED) is 0.714. The summed E-state index contributed by atoms with van der Waals surface area (Å²) in [6, 6.07) is 0. The molecule has 0 aliphatic heterocycles. The zero-order valence-corrected chi connectivity index (χ0v) is 11.6. The van der Waals surface area contributed by atoms with Gasteiger partial charge in [0.2, 0.25) is 0 Å². The summed E-state index contributed by atoms with van der Waals surface area (Å²) in [5.74, 6) is -0.670. The Morgan fingerprint density at radius 3 is 1.92 bits per heavy atom. The predicted octanol–water partition coefficient (Wildman–Crippen LogP) is 1.13. The predicted molar refractivity (Wildman–Crippen MR) is 50.4 cm³/mol. The maximum absolute atomic E-state index is 10.6. The van der Waals surface area contributed by atoms with Gasteiger partial charge in [-0.1, -0.05) is 0 Å². The molecule has 0 bridgehead atoms. The van der Waals surface area contributed by atoms with Crippen molar-refractivity contribution in [2.45, 2.75) is 38.0 Å². The first kappa shape index (κ1) is 12.7. The third kappa shape index (κ3) is 8.08. The van der Waals surface area contributed by atoms with Crippen LogP contribution < -0.4 is 0 Å². The van der Waals surface area contributed by atoms with Crippen LogP contribution in [0, 0.1) is 0 Å². The van der Waals surface area contributed by atoms with Crippen molar-refractivity contribution in [2.24, 2.45) is 0 Å². The van der Waals surface area contributed by atoms with E-state index in [1.54, 1.807) is 0 Å². The van der Waals surface area contributed by atoms with Crippen molar-refractivity contribution in [1.29, 1.82) is 0 Å². The normalized spacial score (nSPS) is 9.85. The van der Waals surface area contributed by atoms with Crippen LogP contribution in [0.4, 0.5) is 0 Å². The van der Waals surface area contributed by atoms with Crippen molar-refractivity contribution < 1.29 is 15.7 Å². The molecule has 0 heterocycles. The average Bonchev–Trinajstić information content (AvgIpc) is 1.98. The molecule has 76 valence electrons. The molecule has 0 amide bonds. The molecule has 0 aromatic carbocycles. The van der Waals surface area contributed by atoms with Gasteiger partial charge in [-0.3, -0.25) is 0 Å². The molecular formula is C8H16O4Sn. The van der Waals surface area contributed by atoms with E-state index in [-0.39, 0.29) is 11.9 Å². The van der Waals surface area contributed by atoms with Crippen LogP contribution in [0.2, 0.25) is 4.44 Å². The fraction of sp³-hybridized carbons (Fsp3) is 0.750. The Morgan fingerprint density at radius 2 is 1.62 bits per heavy atom. The Hall–Kier alpha value is -0.261. The van der Waals surface area contributed by atoms with Crippen LogP contribution in [0.5, 0.6) is 0 Å². The number of carbonyl (C=O) groups excluding carboxylic acids is 2. The molecule has 13 heavy (non-hydrogen) atoms. The van der Waals surface area contributed by atoms with E-state index >= 15 is 0 Å². The van der Waals surface area contributed by atoms with Gasteiger partial charge in [0, 0.05) is 0 Å². The molecule has 0 spiro atoms. The second-order valence-electron chi connectivity index (χ2n) is 2.79. The molecule has 0 N–H and O–H groups in total. The molecule has 0 aromatic rings. The van der Waals surface area contributed by atoms with Crippen LogP contribution in [-0.4, -0.2) is 32.5 Å². The average molecular weight is 295 g/mol. The van der Waals surface area contributed by atoms with Gasteiger partial charge in [-0.15, -0.1) is 0 Å². The fourth-order valence-corrected chi connectivity index (χ4v) is 5.92. The molecule has 0 radical (unpaired) electrons. The van der Waals surface area contributed by atoms with E-state index < -0.39 is 20.6 Å². The second-order valence-corrected chi connectivity index (χ2v) is 8.24. The van der Waals surface area contributed by atoms with Crippen LogP contribution >= 0.6 is 0 Å². The summed E-state index contributed by atoms with van der Waals surface area (Å²) in [6.07, 6.45) is 1.98. The molecule has 0 atom stereocenters. The Kier molecular flexibility index (Phi) is 7.03. The summed E-state index contributed by atoms with van der Waals surface area (Å²) < 4.78 is 10.8. The summed E-state index contributed by atoms with van der Waals surface area (Å²) >= 11 is -2.76. The number of hydrogen-bond donors (Lipinski definition) is 0. The van der Waals surface area contributed by atoms with E-state index in [1.807, 2.05) is 6.92 Å². The van der Waals surface area contributed by atoms with E-state index in [4.69, 9.17) is 6.15 Å². The van der Waals surface area contributed by atoms with Crippen molar-refractivity contribution in [3.05, 3.63) is 0 Å². The number of hydrogen-bond acceptors (Lipinski definition) is 4. The monoisotopic (exact) mass is 296 g/mol. The Labute approximate surface area is 86.4 Å².